The first-order valence-electron chi connectivity index (χ1n) is 4.54. The molecule has 2 nitrogen and oxygen atoms in total. The Hall–Kier alpha value is -0.530. The molecule has 0 aromatic carbocycles. The molecule has 0 spiro atoms. The van der Waals surface area contributed by atoms with E-state index < -0.39 is 0 Å². The van der Waals surface area contributed by atoms with E-state index in [1.165, 1.54) is 0 Å². The van der Waals surface area contributed by atoms with Gasteiger partial charge in [0.25, 0.3) is 0 Å². The summed E-state index contributed by atoms with van der Waals surface area (Å²) in [6.07, 6.45) is 1.01. The average Bonchev–Trinajstić information content (AvgIpc) is 1.85. The van der Waals surface area contributed by atoms with Crippen LogP contribution in [0.15, 0.2) is 0 Å². The first-order valence-corrected chi connectivity index (χ1v) is 4.54. The number of hydrogen-bond acceptors (Lipinski definition) is 1. The fourth-order valence-electron chi connectivity index (χ4n) is 1.69. The third-order valence-electron chi connectivity index (χ3n) is 2.35. The van der Waals surface area contributed by atoms with E-state index >= 15 is 0 Å². The normalized spacial score (nSPS) is 14.2. The van der Waals surface area contributed by atoms with Crippen LogP contribution in [0.2, 0.25) is 0 Å². The van der Waals surface area contributed by atoms with Gasteiger partial charge in [0.15, 0.2) is 0 Å². The molecule has 0 aliphatic rings. The van der Waals surface area contributed by atoms with Crippen LogP contribution in [0.5, 0.6) is 0 Å². The maximum Gasteiger partial charge on any atom is 0.219 e. The molecule has 0 aromatic rings. The van der Waals surface area contributed by atoms with E-state index in [2.05, 4.69) is 27.7 Å². The number of carbonyl (C=O) groups excluding carboxylic acids is 1. The topological polar surface area (TPSA) is 20.3 Å². The molecular weight excluding hydrogens is 150 g/mol. The van der Waals surface area contributed by atoms with Crippen molar-refractivity contribution in [2.45, 2.75) is 47.1 Å². The van der Waals surface area contributed by atoms with Crippen LogP contribution in [0, 0.1) is 5.41 Å². The minimum atomic E-state index is 0.150. The zero-order valence-corrected chi connectivity index (χ0v) is 9.14. The zero-order chi connectivity index (χ0) is 9.94. The summed E-state index contributed by atoms with van der Waals surface area (Å²) in [5.74, 6) is 0.150. The first-order chi connectivity index (χ1) is 5.30. The SMILES string of the molecule is CCC(N(C)C(C)=O)C(C)(C)C. The average molecular weight is 171 g/mol. The Morgan fingerprint density at radius 2 is 1.83 bits per heavy atom. The number of rotatable bonds is 2. The highest BCUT2D eigenvalue weighted by molar-refractivity contribution is 5.73. The van der Waals surface area contributed by atoms with Crippen LogP contribution in [0.3, 0.4) is 0 Å². The minimum Gasteiger partial charge on any atom is -0.343 e. The van der Waals surface area contributed by atoms with Gasteiger partial charge in [-0.25, -0.2) is 0 Å². The molecule has 0 rings (SSSR count). The molecule has 0 radical (unpaired) electrons. The molecule has 12 heavy (non-hydrogen) atoms. The Bertz CT molecular complexity index is 158. The third-order valence-corrected chi connectivity index (χ3v) is 2.35. The van der Waals surface area contributed by atoms with Crippen LogP contribution < -0.4 is 0 Å². The summed E-state index contributed by atoms with van der Waals surface area (Å²) >= 11 is 0. The van der Waals surface area contributed by atoms with Gasteiger partial charge in [-0.2, -0.15) is 0 Å². The molecule has 1 atom stereocenters. The van der Waals surface area contributed by atoms with Crippen molar-refractivity contribution in [1.29, 1.82) is 0 Å². The van der Waals surface area contributed by atoms with Gasteiger partial charge in [0.05, 0.1) is 0 Å². The molecule has 0 saturated carbocycles. The molecule has 1 unspecified atom stereocenters. The fourth-order valence-corrected chi connectivity index (χ4v) is 1.69. The van der Waals surface area contributed by atoms with Crippen molar-refractivity contribution in [3.8, 4) is 0 Å². The second-order valence-corrected chi connectivity index (χ2v) is 4.42. The lowest BCUT2D eigenvalue weighted by Gasteiger charge is -2.37. The van der Waals surface area contributed by atoms with Gasteiger partial charge >= 0.3 is 0 Å². The van der Waals surface area contributed by atoms with Gasteiger partial charge in [-0.1, -0.05) is 27.7 Å². The van der Waals surface area contributed by atoms with Gasteiger partial charge in [-0.3, -0.25) is 4.79 Å². The predicted octanol–water partition coefficient (Wildman–Crippen LogP) is 2.29. The van der Waals surface area contributed by atoms with Crippen LogP contribution in [0.4, 0.5) is 0 Å². The van der Waals surface area contributed by atoms with Crippen molar-refractivity contribution in [3.63, 3.8) is 0 Å². The summed E-state index contributed by atoms with van der Waals surface area (Å²) in [6, 6.07) is 0.343. The predicted molar refractivity (Wildman–Crippen MR) is 52.0 cm³/mol. The highest BCUT2D eigenvalue weighted by Crippen LogP contribution is 2.25. The monoisotopic (exact) mass is 171 g/mol. The van der Waals surface area contributed by atoms with E-state index in [0.29, 0.717) is 6.04 Å². The van der Waals surface area contributed by atoms with Gasteiger partial charge in [-0.15, -0.1) is 0 Å². The molecule has 0 N–H and O–H groups in total. The van der Waals surface area contributed by atoms with Crippen molar-refractivity contribution >= 4 is 5.91 Å². The molecule has 0 bridgehead atoms. The van der Waals surface area contributed by atoms with Gasteiger partial charge < -0.3 is 4.90 Å². The number of amides is 1. The van der Waals surface area contributed by atoms with Crippen LogP contribution in [0.1, 0.15) is 41.0 Å². The molecule has 1 amide bonds. The van der Waals surface area contributed by atoms with Crippen LogP contribution in [0.25, 0.3) is 0 Å². The van der Waals surface area contributed by atoms with Crippen molar-refractivity contribution in [1.82, 2.24) is 4.90 Å². The van der Waals surface area contributed by atoms with E-state index in [4.69, 9.17) is 0 Å². The molecule has 0 heterocycles. The van der Waals surface area contributed by atoms with Gasteiger partial charge in [0.1, 0.15) is 0 Å². The highest BCUT2D eigenvalue weighted by Gasteiger charge is 2.27. The zero-order valence-electron chi connectivity index (χ0n) is 9.14. The second-order valence-electron chi connectivity index (χ2n) is 4.42. The van der Waals surface area contributed by atoms with Crippen LogP contribution in [-0.2, 0) is 4.79 Å². The lowest BCUT2D eigenvalue weighted by Crippen LogP contribution is -2.43. The summed E-state index contributed by atoms with van der Waals surface area (Å²) in [7, 11) is 1.88. The lowest BCUT2D eigenvalue weighted by atomic mass is 9.84. The van der Waals surface area contributed by atoms with Gasteiger partial charge in [0, 0.05) is 20.0 Å². The standard InChI is InChI=1S/C10H21NO/c1-7-9(10(3,4)5)11(6)8(2)12/h9H,7H2,1-6H3. The summed E-state index contributed by atoms with van der Waals surface area (Å²) in [6.45, 7) is 10.2. The maximum absolute atomic E-state index is 11.1. The molecular formula is C10H21NO. The van der Waals surface area contributed by atoms with Crippen molar-refractivity contribution in [3.05, 3.63) is 0 Å². The second kappa shape index (κ2) is 3.92. The van der Waals surface area contributed by atoms with Crippen LogP contribution in [-0.4, -0.2) is 23.9 Å². The van der Waals surface area contributed by atoms with Crippen molar-refractivity contribution in [2.75, 3.05) is 7.05 Å². The molecule has 72 valence electrons. The first kappa shape index (κ1) is 11.5. The molecule has 0 aliphatic heterocycles. The number of carbonyl (C=O) groups is 1. The van der Waals surface area contributed by atoms with E-state index in [9.17, 15) is 4.79 Å². The summed E-state index contributed by atoms with van der Waals surface area (Å²) in [5, 5.41) is 0. The molecule has 0 aromatic heterocycles. The Kier molecular flexibility index (Phi) is 3.75. The van der Waals surface area contributed by atoms with E-state index in [1.807, 2.05) is 11.9 Å². The molecule has 0 aliphatic carbocycles. The minimum absolute atomic E-state index is 0.150. The highest BCUT2D eigenvalue weighted by atomic mass is 16.2. The molecule has 2 heteroatoms. The number of nitrogens with zero attached hydrogens (tertiary/aromatic N) is 1. The largest absolute Gasteiger partial charge is 0.343 e. The van der Waals surface area contributed by atoms with Gasteiger partial charge in [0.2, 0.25) is 5.91 Å². The Morgan fingerprint density at radius 1 is 1.42 bits per heavy atom. The molecule has 0 fully saturated rings. The Morgan fingerprint density at radius 3 is 1.92 bits per heavy atom. The van der Waals surface area contributed by atoms with E-state index in [1.54, 1.807) is 6.92 Å². The lowest BCUT2D eigenvalue weighted by molar-refractivity contribution is -0.131. The molecule has 0 saturated heterocycles. The van der Waals surface area contributed by atoms with Crippen LogP contribution >= 0.6 is 0 Å². The summed E-state index contributed by atoms with van der Waals surface area (Å²) in [5.41, 5.74) is 0.176. The van der Waals surface area contributed by atoms with E-state index in [0.717, 1.165) is 6.42 Å². The third kappa shape index (κ3) is 2.84. The Balaban J connectivity index is 4.45. The van der Waals surface area contributed by atoms with Gasteiger partial charge in [-0.05, 0) is 11.8 Å². The maximum atomic E-state index is 11.1. The quantitative estimate of drug-likeness (QED) is 0.624. The number of hydrogen-bond donors (Lipinski definition) is 0. The van der Waals surface area contributed by atoms with E-state index in [-0.39, 0.29) is 11.3 Å². The Labute approximate surface area is 75.9 Å². The summed E-state index contributed by atoms with van der Waals surface area (Å²) in [4.78, 5) is 13.0. The smallest absolute Gasteiger partial charge is 0.219 e. The van der Waals surface area contributed by atoms with Crippen molar-refractivity contribution in [2.24, 2.45) is 5.41 Å². The fraction of sp³-hybridized carbons (Fsp3) is 0.900. The van der Waals surface area contributed by atoms with Crippen molar-refractivity contribution < 1.29 is 4.79 Å². The summed E-state index contributed by atoms with van der Waals surface area (Å²) < 4.78 is 0.